The lowest BCUT2D eigenvalue weighted by Gasteiger charge is -2.05. The van der Waals surface area contributed by atoms with Crippen LogP contribution in [0.15, 0.2) is 76.7 Å². The number of benzene rings is 3. The second-order valence-electron chi connectivity index (χ2n) is 6.08. The molecule has 4 heteroatoms. The van der Waals surface area contributed by atoms with Gasteiger partial charge in [0, 0.05) is 32.1 Å². The standard InChI is InChI=1S/C24H22N4/c1-4-18-13-19(16-27-23-11-7-5-9-21(23)25-2)15-20(14-18)17-28-24-12-8-6-10-22(24)26-3/h1,5-17,25-26H,2-3H3. The molecule has 0 saturated carbocycles. The summed E-state index contributed by atoms with van der Waals surface area (Å²) in [7, 11) is 3.76. The lowest BCUT2D eigenvalue weighted by atomic mass is 10.1. The van der Waals surface area contributed by atoms with Gasteiger partial charge in [0.15, 0.2) is 0 Å². The summed E-state index contributed by atoms with van der Waals surface area (Å²) >= 11 is 0. The van der Waals surface area contributed by atoms with E-state index in [2.05, 4.69) is 26.5 Å². The zero-order chi connectivity index (χ0) is 19.8. The smallest absolute Gasteiger partial charge is 0.0861 e. The van der Waals surface area contributed by atoms with E-state index in [4.69, 9.17) is 6.42 Å². The van der Waals surface area contributed by atoms with Gasteiger partial charge in [0.05, 0.1) is 22.7 Å². The maximum absolute atomic E-state index is 5.63. The van der Waals surface area contributed by atoms with Gasteiger partial charge in [-0.25, -0.2) is 0 Å². The van der Waals surface area contributed by atoms with Crippen LogP contribution >= 0.6 is 0 Å². The minimum atomic E-state index is 0.786. The molecule has 0 aliphatic carbocycles. The van der Waals surface area contributed by atoms with Crippen LogP contribution in [0, 0.1) is 12.3 Å². The maximum Gasteiger partial charge on any atom is 0.0861 e. The molecule has 0 fully saturated rings. The summed E-state index contributed by atoms with van der Waals surface area (Å²) in [6.07, 6.45) is 9.27. The Kier molecular flexibility index (Phi) is 6.22. The molecule has 0 bridgehead atoms. The van der Waals surface area contributed by atoms with Crippen molar-refractivity contribution in [3.05, 3.63) is 83.4 Å². The molecule has 2 N–H and O–H groups in total. The molecule has 28 heavy (non-hydrogen) atoms. The predicted molar refractivity (Wildman–Crippen MR) is 121 cm³/mol. The number of aliphatic imine (C=N–C) groups is 2. The van der Waals surface area contributed by atoms with Crippen molar-refractivity contribution in [1.29, 1.82) is 0 Å². The monoisotopic (exact) mass is 366 g/mol. The van der Waals surface area contributed by atoms with E-state index in [1.165, 1.54) is 0 Å². The molecule has 0 heterocycles. The van der Waals surface area contributed by atoms with Crippen LogP contribution in [0.25, 0.3) is 0 Å². The lowest BCUT2D eigenvalue weighted by molar-refractivity contribution is 1.45. The third-order valence-electron chi connectivity index (χ3n) is 4.20. The number of rotatable bonds is 6. The second-order valence-corrected chi connectivity index (χ2v) is 6.08. The highest BCUT2D eigenvalue weighted by Gasteiger charge is 2.00. The van der Waals surface area contributed by atoms with Crippen molar-refractivity contribution in [3.8, 4) is 12.3 Å². The minimum absolute atomic E-state index is 0.786. The number of nitrogens with zero attached hydrogens (tertiary/aromatic N) is 2. The largest absolute Gasteiger partial charge is 0.386 e. The van der Waals surface area contributed by atoms with E-state index in [1.807, 2.05) is 93.3 Å². The van der Waals surface area contributed by atoms with Gasteiger partial charge < -0.3 is 10.6 Å². The molecule has 3 aromatic rings. The van der Waals surface area contributed by atoms with Crippen molar-refractivity contribution in [3.63, 3.8) is 0 Å². The van der Waals surface area contributed by atoms with Crippen LogP contribution in [-0.2, 0) is 0 Å². The van der Waals surface area contributed by atoms with Crippen LogP contribution in [0.4, 0.5) is 22.7 Å². The Morgan fingerprint density at radius 1 is 0.750 bits per heavy atom. The first-order valence-corrected chi connectivity index (χ1v) is 8.97. The van der Waals surface area contributed by atoms with Gasteiger partial charge in [-0.3, -0.25) is 9.98 Å². The van der Waals surface area contributed by atoms with Crippen LogP contribution in [0.2, 0.25) is 0 Å². The van der Waals surface area contributed by atoms with Gasteiger partial charge in [0.25, 0.3) is 0 Å². The van der Waals surface area contributed by atoms with Crippen molar-refractivity contribution in [2.24, 2.45) is 9.98 Å². The molecule has 3 rings (SSSR count). The number of terminal acetylenes is 1. The minimum Gasteiger partial charge on any atom is -0.386 e. The van der Waals surface area contributed by atoms with Gasteiger partial charge in [0.1, 0.15) is 0 Å². The Labute approximate surface area is 166 Å². The summed E-state index contributed by atoms with van der Waals surface area (Å²) in [5.74, 6) is 2.70. The molecule has 4 nitrogen and oxygen atoms in total. The third kappa shape index (κ3) is 4.66. The molecule has 138 valence electrons. The van der Waals surface area contributed by atoms with Crippen molar-refractivity contribution in [2.45, 2.75) is 0 Å². The van der Waals surface area contributed by atoms with Gasteiger partial charge in [-0.15, -0.1) is 6.42 Å². The summed E-state index contributed by atoms with van der Waals surface area (Å²) in [4.78, 5) is 9.20. The molecule has 0 radical (unpaired) electrons. The van der Waals surface area contributed by atoms with E-state index in [-0.39, 0.29) is 0 Å². The first-order valence-electron chi connectivity index (χ1n) is 8.97. The van der Waals surface area contributed by atoms with Gasteiger partial charge in [-0.2, -0.15) is 0 Å². The van der Waals surface area contributed by atoms with Crippen molar-refractivity contribution in [1.82, 2.24) is 0 Å². The molecule has 0 aliphatic heterocycles. The predicted octanol–water partition coefficient (Wildman–Crippen LogP) is 5.25. The van der Waals surface area contributed by atoms with Gasteiger partial charge >= 0.3 is 0 Å². The molecule has 0 saturated heterocycles. The molecular formula is C24H22N4. The van der Waals surface area contributed by atoms with Gasteiger partial charge in [-0.1, -0.05) is 30.2 Å². The highest BCUT2D eigenvalue weighted by atomic mass is 14.9. The molecule has 0 aromatic heterocycles. The second kappa shape index (κ2) is 9.20. The van der Waals surface area contributed by atoms with E-state index < -0.39 is 0 Å². The Morgan fingerprint density at radius 3 is 1.64 bits per heavy atom. The van der Waals surface area contributed by atoms with E-state index in [9.17, 15) is 0 Å². The Morgan fingerprint density at radius 2 is 1.21 bits per heavy atom. The van der Waals surface area contributed by atoms with Gasteiger partial charge in [0.2, 0.25) is 0 Å². The average molecular weight is 366 g/mol. The highest BCUT2D eigenvalue weighted by Crippen LogP contribution is 2.24. The molecule has 0 aliphatic rings. The fourth-order valence-corrected chi connectivity index (χ4v) is 2.79. The first-order chi connectivity index (χ1) is 13.7. The fraction of sp³-hybridized carbons (Fsp3) is 0.0833. The molecule has 0 amide bonds. The number of hydrogen-bond acceptors (Lipinski definition) is 4. The first kappa shape index (κ1) is 18.9. The SMILES string of the molecule is C#Cc1cc(C=Nc2ccccc2NC)cc(C=Nc2ccccc2NC)c1. The topological polar surface area (TPSA) is 48.8 Å². The van der Waals surface area contributed by atoms with E-state index in [0.29, 0.717) is 0 Å². The fourth-order valence-electron chi connectivity index (χ4n) is 2.79. The molecule has 3 aromatic carbocycles. The van der Waals surface area contributed by atoms with E-state index >= 15 is 0 Å². The number of hydrogen-bond donors (Lipinski definition) is 2. The molecular weight excluding hydrogens is 344 g/mol. The van der Waals surface area contributed by atoms with E-state index in [0.717, 1.165) is 39.4 Å². The average Bonchev–Trinajstić information content (AvgIpc) is 2.76. The quantitative estimate of drug-likeness (QED) is 0.462. The third-order valence-corrected chi connectivity index (χ3v) is 4.20. The zero-order valence-electron chi connectivity index (χ0n) is 16.0. The summed E-state index contributed by atoms with van der Waals surface area (Å²) in [6, 6.07) is 21.7. The van der Waals surface area contributed by atoms with Crippen molar-refractivity contribution in [2.75, 3.05) is 24.7 Å². The van der Waals surface area contributed by atoms with Crippen molar-refractivity contribution < 1.29 is 0 Å². The van der Waals surface area contributed by atoms with Crippen LogP contribution in [0.3, 0.4) is 0 Å². The molecule has 0 atom stereocenters. The summed E-state index contributed by atoms with van der Waals surface area (Å²) in [6.45, 7) is 0. The van der Waals surface area contributed by atoms with E-state index in [1.54, 1.807) is 0 Å². The molecule has 0 spiro atoms. The zero-order valence-corrected chi connectivity index (χ0v) is 16.0. The number of anilines is 2. The van der Waals surface area contributed by atoms with Crippen LogP contribution in [0.5, 0.6) is 0 Å². The van der Waals surface area contributed by atoms with Crippen molar-refractivity contribution >= 4 is 35.2 Å². The van der Waals surface area contributed by atoms with Crippen LogP contribution in [0.1, 0.15) is 16.7 Å². The molecule has 0 unspecified atom stereocenters. The van der Waals surface area contributed by atoms with Gasteiger partial charge in [-0.05, 0) is 53.6 Å². The lowest BCUT2D eigenvalue weighted by Crippen LogP contribution is -1.91. The van der Waals surface area contributed by atoms with Crippen LogP contribution in [-0.4, -0.2) is 26.5 Å². The Bertz CT molecular complexity index is 982. The number of nitrogens with one attached hydrogen (secondary N) is 2. The summed E-state index contributed by atoms with van der Waals surface area (Å²) in [5, 5.41) is 6.28. The Hall–Kier alpha value is -3.84. The highest BCUT2D eigenvalue weighted by molar-refractivity contribution is 5.90. The number of para-hydroxylation sites is 4. The maximum atomic E-state index is 5.63. The van der Waals surface area contributed by atoms with Crippen LogP contribution < -0.4 is 10.6 Å². The summed E-state index contributed by atoms with van der Waals surface area (Å²) < 4.78 is 0. The normalized spacial score (nSPS) is 10.9. The Balaban J connectivity index is 1.91. The summed E-state index contributed by atoms with van der Waals surface area (Å²) in [5.41, 5.74) is 6.31.